The molecule has 3 N–H and O–H groups in total. The summed E-state index contributed by atoms with van der Waals surface area (Å²) >= 11 is 5.95. The number of urea groups is 1. The predicted molar refractivity (Wildman–Crippen MR) is 137 cm³/mol. The summed E-state index contributed by atoms with van der Waals surface area (Å²) < 4.78 is 5.27. The highest BCUT2D eigenvalue weighted by molar-refractivity contribution is 6.30. The number of nitrogens with one attached hydrogen (secondary N) is 3. The van der Waals surface area contributed by atoms with Crippen LogP contribution in [0.25, 0.3) is 0 Å². The summed E-state index contributed by atoms with van der Waals surface area (Å²) in [6.07, 6.45) is 2.84. The summed E-state index contributed by atoms with van der Waals surface area (Å²) in [6.45, 7) is 1.43. The first kappa shape index (κ1) is 23.0. The highest BCUT2D eigenvalue weighted by atomic mass is 35.5. The number of hydrogen-bond donors (Lipinski definition) is 3. The van der Waals surface area contributed by atoms with Crippen LogP contribution in [0.5, 0.6) is 5.75 Å². The Kier molecular flexibility index (Phi) is 6.46. The fraction of sp³-hybridized carbons (Fsp3) is 0.269. The van der Waals surface area contributed by atoms with Gasteiger partial charge in [0.25, 0.3) is 0 Å². The zero-order valence-corrected chi connectivity index (χ0v) is 20.0. The third kappa shape index (κ3) is 5.17. The van der Waals surface area contributed by atoms with Crippen LogP contribution in [0.1, 0.15) is 23.6 Å². The van der Waals surface area contributed by atoms with E-state index in [1.54, 1.807) is 37.6 Å². The number of ether oxygens (including phenoxy) is 1. The number of carbonyl (C=O) groups excluding carboxylic acids is 2. The SMILES string of the molecule is COc1ccc([C@@H]2CN(c3ccc4c(c3)CC(=O)N4)CC[C@H]2NC(=O)Nc2ccc(Cl)cc2)nc1. The number of fused-ring (bicyclic) bond motifs is 1. The number of rotatable bonds is 5. The van der Waals surface area contributed by atoms with Gasteiger partial charge in [0.1, 0.15) is 5.75 Å². The lowest BCUT2D eigenvalue weighted by atomic mass is 9.88. The number of carbonyl (C=O) groups is 2. The van der Waals surface area contributed by atoms with E-state index in [1.807, 2.05) is 24.3 Å². The number of pyridine rings is 1. The van der Waals surface area contributed by atoms with Gasteiger partial charge in [-0.2, -0.15) is 0 Å². The number of halogens is 1. The van der Waals surface area contributed by atoms with Gasteiger partial charge >= 0.3 is 6.03 Å². The van der Waals surface area contributed by atoms with Crippen LogP contribution in [-0.4, -0.2) is 43.2 Å². The number of amides is 3. The fourth-order valence-corrected chi connectivity index (χ4v) is 4.80. The van der Waals surface area contributed by atoms with Crippen LogP contribution in [0, 0.1) is 0 Å². The highest BCUT2D eigenvalue weighted by Crippen LogP contribution is 2.33. The van der Waals surface area contributed by atoms with Gasteiger partial charge in [-0.05, 0) is 66.6 Å². The first-order chi connectivity index (χ1) is 17.0. The van der Waals surface area contributed by atoms with Crippen LogP contribution in [0.3, 0.4) is 0 Å². The molecule has 0 radical (unpaired) electrons. The molecule has 35 heavy (non-hydrogen) atoms. The van der Waals surface area contributed by atoms with Crippen molar-refractivity contribution in [3.8, 4) is 5.75 Å². The van der Waals surface area contributed by atoms with E-state index in [9.17, 15) is 9.59 Å². The smallest absolute Gasteiger partial charge is 0.319 e. The third-order valence-corrected chi connectivity index (χ3v) is 6.74. The maximum atomic E-state index is 12.8. The highest BCUT2D eigenvalue weighted by Gasteiger charge is 2.33. The Morgan fingerprint density at radius 3 is 2.74 bits per heavy atom. The lowest BCUT2D eigenvalue weighted by molar-refractivity contribution is -0.115. The van der Waals surface area contributed by atoms with E-state index in [0.29, 0.717) is 29.4 Å². The molecule has 1 saturated heterocycles. The van der Waals surface area contributed by atoms with Gasteiger partial charge in [0.2, 0.25) is 5.91 Å². The second kappa shape index (κ2) is 9.84. The van der Waals surface area contributed by atoms with Crippen LogP contribution >= 0.6 is 11.6 Å². The molecule has 1 fully saturated rings. The minimum Gasteiger partial charge on any atom is -0.495 e. The Bertz CT molecular complexity index is 1230. The van der Waals surface area contributed by atoms with Crippen molar-refractivity contribution in [2.45, 2.75) is 24.8 Å². The molecule has 8 nitrogen and oxygen atoms in total. The minimum atomic E-state index is -0.272. The second-order valence-electron chi connectivity index (χ2n) is 8.74. The lowest BCUT2D eigenvalue weighted by Crippen LogP contribution is -2.51. The molecule has 2 aromatic carbocycles. The summed E-state index contributed by atoms with van der Waals surface area (Å²) in [4.78, 5) is 31.5. The van der Waals surface area contributed by atoms with Crippen LogP contribution in [0.4, 0.5) is 21.9 Å². The van der Waals surface area contributed by atoms with Crippen LogP contribution in [0.2, 0.25) is 5.02 Å². The van der Waals surface area contributed by atoms with Crippen molar-refractivity contribution in [3.63, 3.8) is 0 Å². The molecule has 180 valence electrons. The second-order valence-corrected chi connectivity index (χ2v) is 9.18. The van der Waals surface area contributed by atoms with E-state index in [1.165, 1.54) is 0 Å². The van der Waals surface area contributed by atoms with E-state index in [-0.39, 0.29) is 23.9 Å². The Morgan fingerprint density at radius 1 is 1.17 bits per heavy atom. The Morgan fingerprint density at radius 2 is 2.00 bits per heavy atom. The van der Waals surface area contributed by atoms with Crippen molar-refractivity contribution in [3.05, 3.63) is 77.1 Å². The van der Waals surface area contributed by atoms with Crippen molar-refractivity contribution in [2.24, 2.45) is 0 Å². The summed E-state index contributed by atoms with van der Waals surface area (Å²) in [5.74, 6) is 0.660. The summed E-state index contributed by atoms with van der Waals surface area (Å²) in [7, 11) is 1.61. The molecule has 0 bridgehead atoms. The van der Waals surface area contributed by atoms with Gasteiger partial charge in [0.15, 0.2) is 0 Å². The number of benzene rings is 2. The maximum absolute atomic E-state index is 12.8. The molecule has 9 heteroatoms. The van der Waals surface area contributed by atoms with Gasteiger partial charge in [-0.3, -0.25) is 9.78 Å². The number of anilines is 3. The quantitative estimate of drug-likeness (QED) is 0.491. The first-order valence-electron chi connectivity index (χ1n) is 11.5. The van der Waals surface area contributed by atoms with E-state index < -0.39 is 0 Å². The molecule has 3 heterocycles. The molecular weight excluding hydrogens is 466 g/mol. The van der Waals surface area contributed by atoms with E-state index in [0.717, 1.165) is 35.6 Å². The minimum absolute atomic E-state index is 0.0204. The van der Waals surface area contributed by atoms with Crippen LogP contribution in [-0.2, 0) is 11.2 Å². The largest absolute Gasteiger partial charge is 0.495 e. The molecule has 1 aromatic heterocycles. The lowest BCUT2D eigenvalue weighted by Gasteiger charge is -2.40. The van der Waals surface area contributed by atoms with Gasteiger partial charge in [-0.1, -0.05) is 11.6 Å². The number of hydrogen-bond acceptors (Lipinski definition) is 5. The van der Waals surface area contributed by atoms with Crippen molar-refractivity contribution in [1.29, 1.82) is 0 Å². The predicted octanol–water partition coefficient (Wildman–Crippen LogP) is 4.42. The van der Waals surface area contributed by atoms with Gasteiger partial charge in [0.05, 0.1) is 19.7 Å². The normalized spacial score (nSPS) is 19.0. The van der Waals surface area contributed by atoms with Gasteiger partial charge < -0.3 is 25.6 Å². The van der Waals surface area contributed by atoms with E-state index in [4.69, 9.17) is 16.3 Å². The molecule has 3 aromatic rings. The van der Waals surface area contributed by atoms with E-state index >= 15 is 0 Å². The van der Waals surface area contributed by atoms with Gasteiger partial charge in [-0.25, -0.2) is 4.79 Å². The molecule has 0 aliphatic carbocycles. The monoisotopic (exact) mass is 491 g/mol. The van der Waals surface area contributed by atoms with Crippen molar-refractivity contribution in [1.82, 2.24) is 10.3 Å². The van der Waals surface area contributed by atoms with Gasteiger partial charge in [0, 0.05) is 52.8 Å². The molecule has 3 amide bonds. The number of methoxy groups -OCH3 is 1. The van der Waals surface area contributed by atoms with Crippen LogP contribution < -0.4 is 25.6 Å². The topological polar surface area (TPSA) is 95.6 Å². The molecule has 0 unspecified atom stereocenters. The third-order valence-electron chi connectivity index (χ3n) is 6.49. The summed E-state index contributed by atoms with van der Waals surface area (Å²) in [5.41, 5.74) is 4.50. The molecule has 2 atom stereocenters. The van der Waals surface area contributed by atoms with Crippen molar-refractivity contribution in [2.75, 3.05) is 35.7 Å². The van der Waals surface area contributed by atoms with E-state index in [2.05, 4.69) is 31.9 Å². The number of aromatic nitrogens is 1. The zero-order valence-electron chi connectivity index (χ0n) is 19.3. The maximum Gasteiger partial charge on any atom is 0.319 e. The zero-order chi connectivity index (χ0) is 24.4. The summed E-state index contributed by atoms with van der Waals surface area (Å²) in [5, 5.41) is 9.52. The van der Waals surface area contributed by atoms with Gasteiger partial charge in [-0.15, -0.1) is 0 Å². The number of piperidine rings is 1. The Hall–Kier alpha value is -3.78. The molecule has 0 spiro atoms. The molecular formula is C26H26ClN5O3. The van der Waals surface area contributed by atoms with Crippen molar-refractivity contribution < 1.29 is 14.3 Å². The first-order valence-corrected chi connectivity index (χ1v) is 11.9. The summed E-state index contributed by atoms with van der Waals surface area (Å²) in [6, 6.07) is 16.5. The van der Waals surface area contributed by atoms with Crippen molar-refractivity contribution >= 4 is 40.6 Å². The Labute approximate surface area is 208 Å². The molecule has 0 saturated carbocycles. The standard InChI is InChI=1S/C26H26ClN5O3/c1-35-20-7-9-23(28-14-20)21-15-32(19-6-8-22-16(12-19)13-25(33)30-22)11-10-24(21)31-26(34)29-18-4-2-17(27)3-5-18/h2-9,12,14,21,24H,10-11,13,15H2,1H3,(H,30,33)(H2,29,31,34)/t21-,24+/m0/s1. The number of nitrogens with zero attached hydrogens (tertiary/aromatic N) is 2. The average Bonchev–Trinajstić information content (AvgIpc) is 3.25. The average molecular weight is 492 g/mol. The van der Waals surface area contributed by atoms with Crippen LogP contribution in [0.15, 0.2) is 60.8 Å². The molecule has 5 rings (SSSR count). The molecule has 2 aliphatic rings. The Balaban J connectivity index is 1.35. The fourth-order valence-electron chi connectivity index (χ4n) is 4.67. The molecule has 2 aliphatic heterocycles.